The largest absolute Gasteiger partial charge is 0.496 e. The van der Waals surface area contributed by atoms with Gasteiger partial charge in [0.2, 0.25) is 0 Å². The van der Waals surface area contributed by atoms with E-state index in [2.05, 4.69) is 50.6 Å². The number of aromatic amines is 1. The first-order chi connectivity index (χ1) is 14.2. The van der Waals surface area contributed by atoms with Crippen molar-refractivity contribution < 1.29 is 4.74 Å². The highest BCUT2D eigenvalue weighted by atomic mass is 35.5. The van der Waals surface area contributed by atoms with E-state index in [9.17, 15) is 0 Å². The number of nitriles is 1. The highest BCUT2D eigenvalue weighted by molar-refractivity contribution is 5.85. The summed E-state index contributed by atoms with van der Waals surface area (Å²) in [5.74, 6) is 2.10. The molecule has 2 N–H and O–H groups in total. The molecule has 1 aliphatic rings. The van der Waals surface area contributed by atoms with E-state index in [1.54, 1.807) is 25.4 Å². The maximum Gasteiger partial charge on any atom is 0.152 e. The molecular weight excluding hydrogens is 400 g/mol. The minimum atomic E-state index is 0. The molecule has 0 unspecified atom stereocenters. The van der Waals surface area contributed by atoms with Gasteiger partial charge < -0.3 is 15.0 Å². The third kappa shape index (κ3) is 4.73. The van der Waals surface area contributed by atoms with Crippen LogP contribution in [-0.4, -0.2) is 47.3 Å². The van der Waals surface area contributed by atoms with E-state index in [1.807, 2.05) is 12.1 Å². The zero-order chi connectivity index (χ0) is 20.2. The summed E-state index contributed by atoms with van der Waals surface area (Å²) in [7, 11) is 3.88. The van der Waals surface area contributed by atoms with E-state index in [0.29, 0.717) is 17.4 Å². The molecule has 1 saturated heterocycles. The number of pyridine rings is 1. The van der Waals surface area contributed by atoms with Crippen molar-refractivity contribution in [1.82, 2.24) is 20.1 Å². The minimum Gasteiger partial charge on any atom is -0.496 e. The lowest BCUT2D eigenvalue weighted by Crippen LogP contribution is -2.29. The molecule has 2 aromatic heterocycles. The Kier molecular flexibility index (Phi) is 6.93. The molecule has 3 heterocycles. The Bertz CT molecular complexity index is 1020. The van der Waals surface area contributed by atoms with Gasteiger partial charge in [-0.1, -0.05) is 6.07 Å². The number of anilines is 2. The molecule has 0 bridgehead atoms. The van der Waals surface area contributed by atoms with Crippen LogP contribution in [0.4, 0.5) is 11.5 Å². The second-order valence-corrected chi connectivity index (χ2v) is 7.37. The van der Waals surface area contributed by atoms with Gasteiger partial charge in [0.25, 0.3) is 0 Å². The summed E-state index contributed by atoms with van der Waals surface area (Å²) in [5.41, 5.74) is 4.34. The van der Waals surface area contributed by atoms with Crippen LogP contribution < -0.4 is 10.1 Å². The van der Waals surface area contributed by atoms with Crippen molar-refractivity contribution in [3.63, 3.8) is 0 Å². The lowest BCUT2D eigenvalue weighted by Gasteiger charge is -2.29. The van der Waals surface area contributed by atoms with Crippen LogP contribution in [-0.2, 0) is 0 Å². The first-order valence-corrected chi connectivity index (χ1v) is 9.71. The molecule has 0 saturated carbocycles. The standard InChI is InChI=1S/C22H24N6O.ClH/c1-28-9-7-15(8-10-28)16-3-6-19(21(11-16)29-2)20-12-22(27-26-20)25-18-5-4-17(13-23)24-14-18;/h3-6,11-12,14-15H,7-10H2,1-2H3,(H2,25,26,27);1H. The summed E-state index contributed by atoms with van der Waals surface area (Å²) in [5, 5.41) is 19.4. The molecule has 3 aromatic rings. The number of methoxy groups -OCH3 is 1. The number of aromatic nitrogens is 3. The van der Waals surface area contributed by atoms with Gasteiger partial charge in [0.1, 0.15) is 17.5 Å². The fourth-order valence-corrected chi connectivity index (χ4v) is 3.73. The van der Waals surface area contributed by atoms with Gasteiger partial charge in [0.15, 0.2) is 5.82 Å². The average Bonchev–Trinajstić information content (AvgIpc) is 3.22. The number of likely N-dealkylation sites (tertiary alicyclic amines) is 1. The molecule has 0 spiro atoms. The Morgan fingerprint density at radius 2 is 2.00 bits per heavy atom. The maximum atomic E-state index is 8.85. The lowest BCUT2D eigenvalue weighted by molar-refractivity contribution is 0.255. The van der Waals surface area contributed by atoms with E-state index in [0.717, 1.165) is 35.8 Å². The van der Waals surface area contributed by atoms with Crippen LogP contribution in [0.2, 0.25) is 0 Å². The van der Waals surface area contributed by atoms with Crippen molar-refractivity contribution in [3.8, 4) is 23.1 Å². The molecule has 7 nitrogen and oxygen atoms in total. The number of H-pyrrole nitrogens is 1. The molecule has 1 aliphatic heterocycles. The summed E-state index contributed by atoms with van der Waals surface area (Å²) in [6.45, 7) is 2.27. The third-order valence-electron chi connectivity index (χ3n) is 5.43. The second kappa shape index (κ2) is 9.61. The van der Waals surface area contributed by atoms with Gasteiger partial charge in [-0.05, 0) is 68.7 Å². The molecule has 4 rings (SSSR count). The van der Waals surface area contributed by atoms with Crippen LogP contribution in [0.5, 0.6) is 5.75 Å². The Morgan fingerprint density at radius 1 is 1.20 bits per heavy atom. The number of rotatable bonds is 5. The van der Waals surface area contributed by atoms with Gasteiger partial charge in [-0.25, -0.2) is 4.98 Å². The van der Waals surface area contributed by atoms with Gasteiger partial charge >= 0.3 is 0 Å². The van der Waals surface area contributed by atoms with Crippen molar-refractivity contribution >= 4 is 23.9 Å². The Morgan fingerprint density at radius 3 is 2.67 bits per heavy atom. The van der Waals surface area contributed by atoms with Crippen molar-refractivity contribution in [2.75, 3.05) is 32.6 Å². The van der Waals surface area contributed by atoms with Crippen LogP contribution in [0, 0.1) is 11.3 Å². The Labute approximate surface area is 182 Å². The van der Waals surface area contributed by atoms with Crippen LogP contribution in [0.15, 0.2) is 42.6 Å². The molecule has 0 radical (unpaired) electrons. The summed E-state index contributed by atoms with van der Waals surface area (Å²) < 4.78 is 5.69. The number of hydrogen-bond donors (Lipinski definition) is 2. The molecule has 1 fully saturated rings. The smallest absolute Gasteiger partial charge is 0.152 e. The van der Waals surface area contributed by atoms with Crippen molar-refractivity contribution in [2.24, 2.45) is 0 Å². The number of nitrogens with zero attached hydrogens (tertiary/aromatic N) is 4. The molecule has 0 aliphatic carbocycles. The van der Waals surface area contributed by atoms with Gasteiger partial charge in [-0.3, -0.25) is 5.10 Å². The highest BCUT2D eigenvalue weighted by Crippen LogP contribution is 2.36. The molecule has 1 aromatic carbocycles. The topological polar surface area (TPSA) is 89.9 Å². The summed E-state index contributed by atoms with van der Waals surface area (Å²) in [6.07, 6.45) is 3.97. The van der Waals surface area contributed by atoms with Gasteiger partial charge in [-0.2, -0.15) is 10.4 Å². The third-order valence-corrected chi connectivity index (χ3v) is 5.43. The fraction of sp³-hybridized carbons (Fsp3) is 0.318. The normalized spacial score (nSPS) is 14.6. The van der Waals surface area contributed by atoms with E-state index in [1.165, 1.54) is 18.4 Å². The Hall–Kier alpha value is -3.08. The van der Waals surface area contributed by atoms with Gasteiger partial charge in [-0.15, -0.1) is 12.4 Å². The van der Waals surface area contributed by atoms with Gasteiger partial charge in [0, 0.05) is 11.6 Å². The predicted octanol–water partition coefficient (Wildman–Crippen LogP) is 4.33. The summed E-state index contributed by atoms with van der Waals surface area (Å²) in [4.78, 5) is 6.44. The van der Waals surface area contributed by atoms with E-state index in [-0.39, 0.29) is 12.4 Å². The Balaban J connectivity index is 0.00000256. The number of halogens is 1. The number of ether oxygens (including phenoxy) is 1. The maximum absolute atomic E-state index is 8.85. The second-order valence-electron chi connectivity index (χ2n) is 7.37. The van der Waals surface area contributed by atoms with Gasteiger partial charge in [0.05, 0.1) is 24.7 Å². The number of hydrogen-bond acceptors (Lipinski definition) is 6. The average molecular weight is 425 g/mol. The first-order valence-electron chi connectivity index (χ1n) is 9.71. The quantitative estimate of drug-likeness (QED) is 0.633. The molecule has 30 heavy (non-hydrogen) atoms. The molecular formula is C22H25ClN6O. The SMILES string of the molecule is COc1cc(C2CCN(C)CC2)ccc1-c1cc(Nc2ccc(C#N)nc2)n[nH]1.Cl. The van der Waals surface area contributed by atoms with Crippen LogP contribution in [0.1, 0.15) is 30.0 Å². The zero-order valence-electron chi connectivity index (χ0n) is 17.1. The molecule has 0 atom stereocenters. The zero-order valence-corrected chi connectivity index (χ0v) is 17.9. The van der Waals surface area contributed by atoms with Crippen molar-refractivity contribution in [2.45, 2.75) is 18.8 Å². The lowest BCUT2D eigenvalue weighted by atomic mass is 9.88. The predicted molar refractivity (Wildman–Crippen MR) is 120 cm³/mol. The van der Waals surface area contributed by atoms with Crippen molar-refractivity contribution in [3.05, 3.63) is 53.9 Å². The highest BCUT2D eigenvalue weighted by Gasteiger charge is 2.20. The van der Waals surface area contributed by atoms with E-state index in [4.69, 9.17) is 10.00 Å². The van der Waals surface area contributed by atoms with E-state index >= 15 is 0 Å². The monoisotopic (exact) mass is 424 g/mol. The minimum absolute atomic E-state index is 0. The van der Waals surface area contributed by atoms with Crippen molar-refractivity contribution in [1.29, 1.82) is 5.26 Å². The summed E-state index contributed by atoms with van der Waals surface area (Å²) in [6, 6.07) is 13.9. The van der Waals surface area contributed by atoms with Crippen LogP contribution in [0.3, 0.4) is 0 Å². The van der Waals surface area contributed by atoms with Crippen LogP contribution in [0.25, 0.3) is 11.3 Å². The fourth-order valence-electron chi connectivity index (χ4n) is 3.73. The first kappa shape index (κ1) is 21.6. The molecule has 0 amide bonds. The molecule has 156 valence electrons. The van der Waals surface area contributed by atoms with Crippen LogP contribution >= 0.6 is 12.4 Å². The molecule has 8 heteroatoms. The number of benzene rings is 1. The number of piperidine rings is 1. The number of nitrogens with one attached hydrogen (secondary N) is 2. The van der Waals surface area contributed by atoms with E-state index < -0.39 is 0 Å². The summed E-state index contributed by atoms with van der Waals surface area (Å²) >= 11 is 0.